The van der Waals surface area contributed by atoms with E-state index in [0.717, 1.165) is 19.1 Å². The van der Waals surface area contributed by atoms with Gasteiger partial charge in [0.1, 0.15) is 11.9 Å². The maximum absolute atomic E-state index is 11.9. The highest BCUT2D eigenvalue weighted by Crippen LogP contribution is 2.23. The summed E-state index contributed by atoms with van der Waals surface area (Å²) in [5.74, 6) is -0.0607. The van der Waals surface area contributed by atoms with Crippen LogP contribution in [0.5, 0.6) is 0 Å². The van der Waals surface area contributed by atoms with E-state index in [0.29, 0.717) is 12.8 Å². The number of aldehydes is 1. The lowest BCUT2D eigenvalue weighted by Gasteiger charge is -2.14. The second kappa shape index (κ2) is 9.90. The number of unbranched alkanes of at least 4 members (excludes halogenated alkanes) is 6. The SMILES string of the molecule is CCCCCCCCCC1(CC(=O)N[C@H](C=O)CC)NN1. The van der Waals surface area contributed by atoms with Crippen LogP contribution in [0.2, 0.25) is 0 Å². The smallest absolute Gasteiger partial charge is 0.223 e. The molecule has 1 aliphatic rings. The molecule has 0 saturated carbocycles. The highest BCUT2D eigenvalue weighted by Gasteiger charge is 2.42. The predicted molar refractivity (Wildman–Crippen MR) is 84.5 cm³/mol. The van der Waals surface area contributed by atoms with Crippen LogP contribution in [0.15, 0.2) is 0 Å². The fourth-order valence-electron chi connectivity index (χ4n) is 2.54. The van der Waals surface area contributed by atoms with E-state index in [-0.39, 0.29) is 17.6 Å². The lowest BCUT2D eigenvalue weighted by Crippen LogP contribution is -2.38. The Labute approximate surface area is 128 Å². The maximum atomic E-state index is 11.9. The van der Waals surface area contributed by atoms with Crippen LogP contribution < -0.4 is 16.2 Å². The van der Waals surface area contributed by atoms with Gasteiger partial charge in [-0.1, -0.05) is 58.8 Å². The third kappa shape index (κ3) is 7.58. The molecule has 0 aliphatic carbocycles. The number of hydrogen-bond donors (Lipinski definition) is 3. The van der Waals surface area contributed by atoms with Crippen LogP contribution in [0.4, 0.5) is 0 Å². The van der Waals surface area contributed by atoms with Gasteiger partial charge in [0.2, 0.25) is 5.91 Å². The number of amides is 1. The Bertz CT molecular complexity index is 317. The van der Waals surface area contributed by atoms with Crippen LogP contribution in [0.1, 0.15) is 78.1 Å². The predicted octanol–water partition coefficient (Wildman–Crippen LogP) is 2.41. The lowest BCUT2D eigenvalue weighted by atomic mass is 10.0. The fourth-order valence-corrected chi connectivity index (χ4v) is 2.54. The molecular weight excluding hydrogens is 266 g/mol. The van der Waals surface area contributed by atoms with E-state index in [2.05, 4.69) is 23.1 Å². The molecule has 3 N–H and O–H groups in total. The summed E-state index contributed by atoms with van der Waals surface area (Å²) in [6.07, 6.45) is 11.7. The van der Waals surface area contributed by atoms with Gasteiger partial charge in [0, 0.05) is 0 Å². The van der Waals surface area contributed by atoms with E-state index >= 15 is 0 Å². The Morgan fingerprint density at radius 3 is 2.24 bits per heavy atom. The quantitative estimate of drug-likeness (QED) is 0.277. The molecule has 1 atom stereocenters. The van der Waals surface area contributed by atoms with Crippen molar-refractivity contribution in [3.63, 3.8) is 0 Å². The van der Waals surface area contributed by atoms with Crippen LogP contribution >= 0.6 is 0 Å². The zero-order valence-electron chi connectivity index (χ0n) is 13.5. The second-order valence-electron chi connectivity index (χ2n) is 6.10. The number of carbonyl (C=O) groups excluding carboxylic acids is 2. The van der Waals surface area contributed by atoms with Crippen molar-refractivity contribution in [3.05, 3.63) is 0 Å². The molecule has 0 bridgehead atoms. The molecule has 1 fully saturated rings. The molecule has 21 heavy (non-hydrogen) atoms. The number of hydrogen-bond acceptors (Lipinski definition) is 4. The van der Waals surface area contributed by atoms with Crippen molar-refractivity contribution in [2.45, 2.75) is 89.8 Å². The first-order chi connectivity index (χ1) is 10.2. The van der Waals surface area contributed by atoms with Crippen molar-refractivity contribution in [2.24, 2.45) is 0 Å². The summed E-state index contributed by atoms with van der Waals surface area (Å²) in [5.41, 5.74) is 5.97. The summed E-state index contributed by atoms with van der Waals surface area (Å²) in [5, 5.41) is 2.75. The van der Waals surface area contributed by atoms with Crippen molar-refractivity contribution in [1.29, 1.82) is 0 Å². The first kappa shape index (κ1) is 18.1. The van der Waals surface area contributed by atoms with Gasteiger partial charge in [-0.2, -0.15) is 0 Å². The van der Waals surface area contributed by atoms with Crippen molar-refractivity contribution in [2.75, 3.05) is 0 Å². The summed E-state index contributed by atoms with van der Waals surface area (Å²) in [4.78, 5) is 22.6. The molecule has 0 aromatic rings. The summed E-state index contributed by atoms with van der Waals surface area (Å²) < 4.78 is 0. The Balaban J connectivity index is 2.11. The number of hydrazine groups is 1. The highest BCUT2D eigenvalue weighted by atomic mass is 16.2. The average molecular weight is 297 g/mol. The number of rotatable bonds is 13. The lowest BCUT2D eigenvalue weighted by molar-refractivity contribution is -0.124. The molecular formula is C16H31N3O2. The van der Waals surface area contributed by atoms with Gasteiger partial charge >= 0.3 is 0 Å². The van der Waals surface area contributed by atoms with E-state index in [4.69, 9.17) is 0 Å². The highest BCUT2D eigenvalue weighted by molar-refractivity contribution is 5.80. The third-order valence-corrected chi connectivity index (χ3v) is 4.10. The van der Waals surface area contributed by atoms with Gasteiger partial charge in [-0.05, 0) is 12.8 Å². The minimum Gasteiger partial charge on any atom is -0.347 e. The van der Waals surface area contributed by atoms with Crippen LogP contribution in [0.3, 0.4) is 0 Å². The molecule has 1 amide bonds. The van der Waals surface area contributed by atoms with Crippen molar-refractivity contribution >= 4 is 12.2 Å². The Hall–Kier alpha value is -0.940. The van der Waals surface area contributed by atoms with E-state index < -0.39 is 0 Å². The molecule has 122 valence electrons. The van der Waals surface area contributed by atoms with Gasteiger partial charge in [0.05, 0.1) is 12.5 Å². The molecule has 1 aliphatic heterocycles. The summed E-state index contributed by atoms with van der Waals surface area (Å²) >= 11 is 0. The standard InChI is InChI=1S/C16H31N3O2/c1-3-5-6-7-8-9-10-11-16(18-19-16)12-15(21)17-14(4-2)13-20/h13-14,18-19H,3-12H2,1-2H3,(H,17,21)/t14-/m0/s1. The van der Waals surface area contributed by atoms with Crippen molar-refractivity contribution < 1.29 is 9.59 Å². The molecule has 1 rings (SSSR count). The number of carbonyl (C=O) groups is 2. The Morgan fingerprint density at radius 2 is 1.71 bits per heavy atom. The average Bonchev–Trinajstić information content (AvgIpc) is 3.23. The largest absolute Gasteiger partial charge is 0.347 e. The third-order valence-electron chi connectivity index (χ3n) is 4.10. The van der Waals surface area contributed by atoms with Crippen LogP contribution in [-0.4, -0.2) is 23.9 Å². The van der Waals surface area contributed by atoms with Crippen molar-refractivity contribution in [3.8, 4) is 0 Å². The summed E-state index contributed by atoms with van der Waals surface area (Å²) in [7, 11) is 0. The minimum atomic E-state index is -0.355. The molecule has 1 heterocycles. The molecule has 0 aromatic heterocycles. The van der Waals surface area contributed by atoms with Crippen LogP contribution in [-0.2, 0) is 9.59 Å². The van der Waals surface area contributed by atoms with E-state index in [1.54, 1.807) is 0 Å². The van der Waals surface area contributed by atoms with Crippen LogP contribution in [0, 0.1) is 0 Å². The molecule has 0 aromatic carbocycles. The van der Waals surface area contributed by atoms with E-state index in [1.165, 1.54) is 38.5 Å². The second-order valence-corrected chi connectivity index (χ2v) is 6.10. The number of nitrogens with one attached hydrogen (secondary N) is 3. The molecule has 5 nitrogen and oxygen atoms in total. The topological polar surface area (TPSA) is 90.0 Å². The van der Waals surface area contributed by atoms with Gasteiger partial charge in [-0.25, -0.2) is 10.9 Å². The Kier molecular flexibility index (Phi) is 8.54. The monoisotopic (exact) mass is 297 g/mol. The Morgan fingerprint density at radius 1 is 1.10 bits per heavy atom. The first-order valence-corrected chi connectivity index (χ1v) is 8.44. The maximum Gasteiger partial charge on any atom is 0.223 e. The van der Waals surface area contributed by atoms with E-state index in [9.17, 15) is 9.59 Å². The van der Waals surface area contributed by atoms with Gasteiger partial charge < -0.3 is 10.1 Å². The zero-order valence-corrected chi connectivity index (χ0v) is 13.5. The summed E-state index contributed by atoms with van der Waals surface area (Å²) in [6, 6.07) is -0.355. The van der Waals surface area contributed by atoms with Crippen molar-refractivity contribution in [1.82, 2.24) is 16.2 Å². The minimum absolute atomic E-state index is 0.0607. The fraction of sp³-hybridized carbons (Fsp3) is 0.875. The van der Waals surface area contributed by atoms with E-state index in [1.807, 2.05) is 6.92 Å². The first-order valence-electron chi connectivity index (χ1n) is 8.44. The molecule has 0 spiro atoms. The van der Waals surface area contributed by atoms with Gasteiger partial charge in [-0.15, -0.1) is 0 Å². The van der Waals surface area contributed by atoms with Gasteiger partial charge in [0.15, 0.2) is 0 Å². The molecule has 1 saturated heterocycles. The van der Waals surface area contributed by atoms with Gasteiger partial charge in [0.25, 0.3) is 0 Å². The van der Waals surface area contributed by atoms with Crippen LogP contribution in [0.25, 0.3) is 0 Å². The molecule has 0 unspecified atom stereocenters. The molecule has 5 heteroatoms. The normalized spacial score (nSPS) is 17.2. The van der Waals surface area contributed by atoms with Gasteiger partial charge in [-0.3, -0.25) is 4.79 Å². The molecule has 0 radical (unpaired) electrons. The zero-order chi connectivity index (χ0) is 15.6. The summed E-state index contributed by atoms with van der Waals surface area (Å²) in [6.45, 7) is 4.12.